The molecule has 1 aromatic carbocycles. The van der Waals surface area contributed by atoms with Crippen molar-refractivity contribution in [2.45, 2.75) is 11.8 Å². The SMILES string of the molecule is COc1cc(C)c(S(=O)(=O)N(C)CC(=O)N2CCNCC2)cc1OC.Cl. The number of amides is 1. The lowest BCUT2D eigenvalue weighted by molar-refractivity contribution is -0.131. The molecular weight excluding hydrogens is 382 g/mol. The Morgan fingerprint density at radius 2 is 1.73 bits per heavy atom. The molecule has 1 amide bonds. The monoisotopic (exact) mass is 407 g/mol. The number of piperazine rings is 1. The lowest BCUT2D eigenvalue weighted by Crippen LogP contribution is -2.49. The summed E-state index contributed by atoms with van der Waals surface area (Å²) in [5.41, 5.74) is 0.527. The number of nitrogens with zero attached hydrogens (tertiary/aromatic N) is 2. The Morgan fingerprint density at radius 1 is 1.19 bits per heavy atom. The van der Waals surface area contributed by atoms with Crippen molar-refractivity contribution in [3.63, 3.8) is 0 Å². The molecule has 1 aliphatic heterocycles. The minimum absolute atomic E-state index is 0. The molecule has 0 radical (unpaired) electrons. The Kier molecular flexibility index (Phi) is 8.14. The first-order valence-corrected chi connectivity index (χ1v) is 9.42. The number of benzene rings is 1. The van der Waals surface area contributed by atoms with Crippen LogP contribution in [0.1, 0.15) is 5.56 Å². The van der Waals surface area contributed by atoms with Gasteiger partial charge < -0.3 is 19.7 Å². The van der Waals surface area contributed by atoms with Gasteiger partial charge in [0.15, 0.2) is 11.5 Å². The number of carbonyl (C=O) groups is 1. The first-order chi connectivity index (χ1) is 11.8. The summed E-state index contributed by atoms with van der Waals surface area (Å²) in [6.07, 6.45) is 0. The van der Waals surface area contributed by atoms with E-state index < -0.39 is 10.0 Å². The second kappa shape index (κ2) is 9.40. The van der Waals surface area contributed by atoms with E-state index in [2.05, 4.69) is 5.32 Å². The highest BCUT2D eigenvalue weighted by Gasteiger charge is 2.28. The molecule has 1 N–H and O–H groups in total. The quantitative estimate of drug-likeness (QED) is 0.738. The predicted molar refractivity (Wildman–Crippen MR) is 101 cm³/mol. The van der Waals surface area contributed by atoms with Crippen LogP contribution in [0.2, 0.25) is 0 Å². The van der Waals surface area contributed by atoms with Crippen molar-refractivity contribution in [3.05, 3.63) is 17.7 Å². The van der Waals surface area contributed by atoms with Crippen molar-refractivity contribution >= 4 is 28.3 Å². The Hall–Kier alpha value is -1.55. The van der Waals surface area contributed by atoms with Crippen molar-refractivity contribution in [3.8, 4) is 11.5 Å². The van der Waals surface area contributed by atoms with Gasteiger partial charge in [-0.3, -0.25) is 4.79 Å². The number of rotatable bonds is 6. The third kappa shape index (κ3) is 4.79. The highest BCUT2D eigenvalue weighted by atomic mass is 35.5. The molecule has 148 valence electrons. The molecule has 0 aliphatic carbocycles. The van der Waals surface area contributed by atoms with Crippen molar-refractivity contribution in [1.29, 1.82) is 0 Å². The zero-order valence-electron chi connectivity index (χ0n) is 15.4. The molecule has 1 fully saturated rings. The van der Waals surface area contributed by atoms with Gasteiger partial charge in [-0.05, 0) is 18.6 Å². The highest BCUT2D eigenvalue weighted by Crippen LogP contribution is 2.33. The highest BCUT2D eigenvalue weighted by molar-refractivity contribution is 7.89. The zero-order valence-corrected chi connectivity index (χ0v) is 17.1. The molecule has 0 aromatic heterocycles. The fourth-order valence-electron chi connectivity index (χ4n) is 2.70. The van der Waals surface area contributed by atoms with Crippen LogP contribution in [-0.4, -0.2) is 77.5 Å². The predicted octanol–water partition coefficient (Wildman–Crippen LogP) is 0.486. The molecule has 1 aromatic rings. The molecule has 0 spiro atoms. The van der Waals surface area contributed by atoms with Crippen LogP contribution in [-0.2, 0) is 14.8 Å². The minimum Gasteiger partial charge on any atom is -0.493 e. The molecular formula is C16H26ClN3O5S. The summed E-state index contributed by atoms with van der Waals surface area (Å²) >= 11 is 0. The number of methoxy groups -OCH3 is 2. The minimum atomic E-state index is -3.83. The van der Waals surface area contributed by atoms with Crippen LogP contribution in [0, 0.1) is 6.92 Å². The van der Waals surface area contributed by atoms with E-state index in [1.165, 1.54) is 27.3 Å². The zero-order chi connectivity index (χ0) is 18.6. The van der Waals surface area contributed by atoms with Gasteiger partial charge >= 0.3 is 0 Å². The molecule has 0 unspecified atom stereocenters. The van der Waals surface area contributed by atoms with E-state index >= 15 is 0 Å². The van der Waals surface area contributed by atoms with Crippen LogP contribution in [0.3, 0.4) is 0 Å². The number of nitrogens with one attached hydrogen (secondary N) is 1. The Morgan fingerprint density at radius 3 is 2.27 bits per heavy atom. The van der Waals surface area contributed by atoms with E-state index in [0.29, 0.717) is 30.2 Å². The molecule has 26 heavy (non-hydrogen) atoms. The van der Waals surface area contributed by atoms with Crippen LogP contribution in [0.25, 0.3) is 0 Å². The number of hydrogen-bond acceptors (Lipinski definition) is 6. The van der Waals surface area contributed by atoms with E-state index in [1.54, 1.807) is 17.9 Å². The largest absolute Gasteiger partial charge is 0.493 e. The topological polar surface area (TPSA) is 88.2 Å². The fraction of sp³-hybridized carbons (Fsp3) is 0.562. The molecule has 0 saturated carbocycles. The number of ether oxygens (including phenoxy) is 2. The summed E-state index contributed by atoms with van der Waals surface area (Å²) in [5.74, 6) is 0.581. The Bertz CT molecular complexity index is 736. The maximum atomic E-state index is 12.9. The third-order valence-corrected chi connectivity index (χ3v) is 6.14. The van der Waals surface area contributed by atoms with Gasteiger partial charge in [0.1, 0.15) is 0 Å². The van der Waals surface area contributed by atoms with Gasteiger partial charge in [0.2, 0.25) is 15.9 Å². The number of likely N-dealkylation sites (N-methyl/N-ethyl adjacent to an activating group) is 1. The normalized spacial score (nSPS) is 14.7. The summed E-state index contributed by atoms with van der Waals surface area (Å²) in [5, 5.41) is 3.16. The lowest BCUT2D eigenvalue weighted by atomic mass is 10.2. The summed E-state index contributed by atoms with van der Waals surface area (Å²) in [6, 6.07) is 3.03. The van der Waals surface area contributed by atoms with Gasteiger partial charge in [0.05, 0.1) is 25.7 Å². The second-order valence-corrected chi connectivity index (χ2v) is 7.88. The third-order valence-electron chi connectivity index (χ3n) is 4.20. The fourth-order valence-corrected chi connectivity index (χ4v) is 4.04. The number of aryl methyl sites for hydroxylation is 1. The maximum Gasteiger partial charge on any atom is 0.243 e. The Labute approximate surface area is 160 Å². The summed E-state index contributed by atoms with van der Waals surface area (Å²) in [7, 11) is 0.517. The smallest absolute Gasteiger partial charge is 0.243 e. The van der Waals surface area contributed by atoms with Gasteiger partial charge in [-0.15, -0.1) is 12.4 Å². The van der Waals surface area contributed by atoms with Gasteiger partial charge in [-0.1, -0.05) is 0 Å². The standard InChI is InChI=1S/C16H25N3O5S.ClH/c1-12-9-13(23-3)14(24-4)10-15(12)25(21,22)18(2)11-16(20)19-7-5-17-6-8-19;/h9-10,17H,5-8,11H2,1-4H3;1H. The van der Waals surface area contributed by atoms with Crippen molar-refractivity contribution in [1.82, 2.24) is 14.5 Å². The lowest BCUT2D eigenvalue weighted by Gasteiger charge is -2.29. The van der Waals surface area contributed by atoms with E-state index in [9.17, 15) is 13.2 Å². The summed E-state index contributed by atoms with van der Waals surface area (Å²) in [4.78, 5) is 14.1. The summed E-state index contributed by atoms with van der Waals surface area (Å²) in [6.45, 7) is 4.09. The van der Waals surface area contributed by atoms with E-state index in [-0.39, 0.29) is 29.8 Å². The van der Waals surface area contributed by atoms with Crippen molar-refractivity contribution in [2.24, 2.45) is 0 Å². The van der Waals surface area contributed by atoms with Crippen LogP contribution in [0.5, 0.6) is 11.5 Å². The molecule has 0 atom stereocenters. The number of sulfonamides is 1. The van der Waals surface area contributed by atoms with Crippen LogP contribution >= 0.6 is 12.4 Å². The van der Waals surface area contributed by atoms with Gasteiger partial charge in [-0.2, -0.15) is 4.31 Å². The van der Waals surface area contributed by atoms with Crippen LogP contribution < -0.4 is 14.8 Å². The van der Waals surface area contributed by atoms with Crippen LogP contribution in [0.15, 0.2) is 17.0 Å². The van der Waals surface area contributed by atoms with Crippen LogP contribution in [0.4, 0.5) is 0 Å². The molecule has 1 saturated heterocycles. The first-order valence-electron chi connectivity index (χ1n) is 7.98. The molecule has 10 heteroatoms. The van der Waals surface area contributed by atoms with Gasteiger partial charge in [-0.25, -0.2) is 8.42 Å². The van der Waals surface area contributed by atoms with Gasteiger partial charge in [0, 0.05) is 39.3 Å². The summed E-state index contributed by atoms with van der Waals surface area (Å²) < 4.78 is 37.2. The van der Waals surface area contributed by atoms with E-state index in [4.69, 9.17) is 9.47 Å². The average Bonchev–Trinajstić information content (AvgIpc) is 2.61. The molecule has 1 aliphatic rings. The van der Waals surface area contributed by atoms with Crippen molar-refractivity contribution < 1.29 is 22.7 Å². The molecule has 0 bridgehead atoms. The molecule has 8 nitrogen and oxygen atoms in total. The van der Waals surface area contributed by atoms with E-state index in [0.717, 1.165) is 17.4 Å². The number of hydrogen-bond donors (Lipinski definition) is 1. The number of halogens is 1. The van der Waals surface area contributed by atoms with Crippen molar-refractivity contribution in [2.75, 3.05) is 54.0 Å². The Balaban J connectivity index is 0.00000338. The molecule has 2 rings (SSSR count). The average molecular weight is 408 g/mol. The molecule has 1 heterocycles. The van der Waals surface area contributed by atoms with E-state index in [1.807, 2.05) is 0 Å². The number of carbonyl (C=O) groups excluding carboxylic acids is 1. The second-order valence-electron chi connectivity index (χ2n) is 5.86. The first kappa shape index (κ1) is 22.5. The maximum absolute atomic E-state index is 12.9. The van der Waals surface area contributed by atoms with Gasteiger partial charge in [0.25, 0.3) is 0 Å².